The van der Waals surface area contributed by atoms with Crippen molar-refractivity contribution in [1.29, 1.82) is 0 Å². The normalized spacial score (nSPS) is 21.9. The fourth-order valence-corrected chi connectivity index (χ4v) is 9.67. The van der Waals surface area contributed by atoms with Crippen molar-refractivity contribution in [3.63, 3.8) is 0 Å². The van der Waals surface area contributed by atoms with Crippen molar-refractivity contribution in [3.8, 4) is 17.2 Å². The largest absolute Gasteiger partial charge is 0.459 e. The van der Waals surface area contributed by atoms with E-state index in [1.54, 1.807) is 49.5 Å². The summed E-state index contributed by atoms with van der Waals surface area (Å²) in [6.45, 7) is 4.52. The van der Waals surface area contributed by atoms with E-state index in [0.717, 1.165) is 29.5 Å². The van der Waals surface area contributed by atoms with Gasteiger partial charge in [0.25, 0.3) is 11.4 Å². The van der Waals surface area contributed by atoms with Crippen molar-refractivity contribution in [2.45, 2.75) is 75.9 Å². The SMILES string of the molecule is C=CCO[C@@]12Oc3ccc(Oc4cccc([N+](=O)[O-])c4)cc3[C@H]3[C@H](CCCCO)[C@@H](CCCCO)C=C(C(=NOCc4ccc([N+](=O)[O-])cc4)C[C@@H]1N(C)C(=O)OCCOCc1ccccc1)[C@H]32. The number of hydrogen-bond donors (Lipinski definition) is 2. The lowest BCUT2D eigenvalue weighted by atomic mass is 9.55. The van der Waals surface area contributed by atoms with Crippen LogP contribution < -0.4 is 9.47 Å². The van der Waals surface area contributed by atoms with Crippen LogP contribution in [0.2, 0.25) is 0 Å². The van der Waals surface area contributed by atoms with E-state index in [1.807, 2.05) is 36.4 Å². The highest BCUT2D eigenvalue weighted by Crippen LogP contribution is 2.62. The molecule has 1 fully saturated rings. The van der Waals surface area contributed by atoms with Crippen LogP contribution in [-0.4, -0.2) is 88.7 Å². The molecule has 0 spiro atoms. The van der Waals surface area contributed by atoms with Crippen molar-refractivity contribution in [2.75, 3.05) is 40.1 Å². The Balaban J connectivity index is 1.32. The molecule has 1 aliphatic heterocycles. The van der Waals surface area contributed by atoms with Crippen molar-refractivity contribution < 1.29 is 53.4 Å². The van der Waals surface area contributed by atoms with E-state index in [-0.39, 0.29) is 80.9 Å². The summed E-state index contributed by atoms with van der Waals surface area (Å²) in [6, 6.07) is 26.1. The molecule has 0 saturated heterocycles. The van der Waals surface area contributed by atoms with Crippen LogP contribution >= 0.6 is 0 Å². The van der Waals surface area contributed by atoms with Crippen LogP contribution in [0, 0.1) is 38.0 Å². The van der Waals surface area contributed by atoms with E-state index in [2.05, 4.69) is 12.7 Å². The number of oxime groups is 1. The van der Waals surface area contributed by atoms with Gasteiger partial charge in [0.1, 0.15) is 36.5 Å². The molecule has 4 aromatic rings. The first kappa shape index (κ1) is 49.3. The first-order chi connectivity index (χ1) is 33.1. The summed E-state index contributed by atoms with van der Waals surface area (Å²) in [6.07, 6.45) is 7.28. The second-order valence-corrected chi connectivity index (χ2v) is 17.1. The molecule has 1 amide bonds. The minimum absolute atomic E-state index is 0.00605. The van der Waals surface area contributed by atoms with Crippen LogP contribution in [0.4, 0.5) is 16.2 Å². The number of aliphatic hydroxyl groups excluding tert-OH is 2. The van der Waals surface area contributed by atoms with Crippen LogP contribution in [0.15, 0.2) is 127 Å². The Morgan fingerprint density at radius 2 is 1.59 bits per heavy atom. The summed E-state index contributed by atoms with van der Waals surface area (Å²) in [5.41, 5.74) is 3.57. The third-order valence-electron chi connectivity index (χ3n) is 12.8. The number of carbonyl (C=O) groups excluding carboxylic acids is 1. The smallest absolute Gasteiger partial charge is 0.410 e. The molecule has 17 nitrogen and oxygen atoms in total. The van der Waals surface area contributed by atoms with Gasteiger partial charge in [0.15, 0.2) is 0 Å². The second kappa shape index (κ2) is 23.4. The number of rotatable bonds is 24. The first-order valence-electron chi connectivity index (χ1n) is 22.9. The average molecular weight is 935 g/mol. The van der Waals surface area contributed by atoms with Gasteiger partial charge in [0.05, 0.1) is 47.4 Å². The van der Waals surface area contributed by atoms with Crippen molar-refractivity contribution in [2.24, 2.45) is 22.9 Å². The number of carbonyl (C=O) groups is 1. The molecule has 360 valence electrons. The van der Waals surface area contributed by atoms with Crippen LogP contribution in [-0.2, 0) is 32.3 Å². The molecule has 3 aliphatic rings. The molecule has 1 heterocycles. The number of likely N-dealkylation sites (N-methyl/N-ethyl adjacent to an activating group) is 1. The minimum atomic E-state index is -1.56. The zero-order chi connectivity index (χ0) is 48.0. The monoisotopic (exact) mass is 934 g/mol. The van der Waals surface area contributed by atoms with Gasteiger partial charge < -0.3 is 43.6 Å². The molecule has 7 rings (SSSR count). The highest BCUT2D eigenvalue weighted by molar-refractivity contribution is 6.03. The van der Waals surface area contributed by atoms with Crippen LogP contribution in [0.3, 0.4) is 0 Å². The Bertz CT molecular complexity index is 2430. The van der Waals surface area contributed by atoms with Gasteiger partial charge >= 0.3 is 6.09 Å². The molecule has 0 bridgehead atoms. The highest BCUT2D eigenvalue weighted by Gasteiger charge is 2.65. The number of unbranched alkanes of at least 4 members (excludes halogenated alkanes) is 2. The predicted molar refractivity (Wildman–Crippen MR) is 251 cm³/mol. The van der Waals surface area contributed by atoms with Crippen molar-refractivity contribution in [1.82, 2.24) is 4.90 Å². The first-order valence-corrected chi connectivity index (χ1v) is 22.9. The molecule has 68 heavy (non-hydrogen) atoms. The molecule has 2 aliphatic carbocycles. The highest BCUT2D eigenvalue weighted by atomic mass is 16.7. The van der Waals surface area contributed by atoms with Gasteiger partial charge in [0.2, 0.25) is 5.79 Å². The predicted octanol–water partition coefficient (Wildman–Crippen LogP) is 9.41. The number of allylic oxidation sites excluding steroid dienone is 1. The standard InChI is InChI=1S/C51H58N4O13/c1-3-26-65-51-47(53(2)50(58)64-28-27-63-33-35-12-5-4-6-13-35)32-45(52-66-34-36-18-20-38(21-19-36)54(59)60)43-29-37(14-7-9-24-56)42(17-8-10-25-57)48(49(43)51)44-31-41(22-23-46(44)68-51)67-40-16-11-15-39(30-40)55(61)62/h3-6,11-13,15-16,18-23,29-31,37,42,47-49,56-57H,1,7-10,14,17,24-28,32-34H2,2H3/t37-,42+,47-,48+,49+,51+/m0/s1. The van der Waals surface area contributed by atoms with Crippen LogP contribution in [0.1, 0.15) is 67.6 Å². The topological polar surface area (TPSA) is 215 Å². The van der Waals surface area contributed by atoms with E-state index in [4.69, 9.17) is 33.7 Å². The number of aliphatic hydroxyl groups is 2. The molecule has 17 heteroatoms. The van der Waals surface area contributed by atoms with Crippen LogP contribution in [0.5, 0.6) is 17.2 Å². The number of hydrogen-bond acceptors (Lipinski definition) is 14. The summed E-state index contributed by atoms with van der Waals surface area (Å²) >= 11 is 0. The molecule has 0 radical (unpaired) electrons. The summed E-state index contributed by atoms with van der Waals surface area (Å²) in [4.78, 5) is 43.9. The Kier molecular flexibility index (Phi) is 16.9. The lowest BCUT2D eigenvalue weighted by Crippen LogP contribution is -2.69. The van der Waals surface area contributed by atoms with Gasteiger partial charge in [0, 0.05) is 56.4 Å². The third kappa shape index (κ3) is 11.5. The van der Waals surface area contributed by atoms with E-state index in [1.165, 1.54) is 29.2 Å². The number of fused-ring (bicyclic) bond motifs is 2. The summed E-state index contributed by atoms with van der Waals surface area (Å²) in [5.74, 6) is -1.55. The molecule has 1 saturated carbocycles. The molecule has 4 aromatic carbocycles. The third-order valence-corrected chi connectivity index (χ3v) is 12.8. The second-order valence-electron chi connectivity index (χ2n) is 17.1. The van der Waals surface area contributed by atoms with Crippen molar-refractivity contribution in [3.05, 3.63) is 158 Å². The number of non-ortho nitro benzene ring substituents is 2. The Morgan fingerprint density at radius 3 is 2.31 bits per heavy atom. The Labute approximate surface area is 394 Å². The van der Waals surface area contributed by atoms with Crippen molar-refractivity contribution >= 4 is 23.2 Å². The fourth-order valence-electron chi connectivity index (χ4n) is 9.67. The van der Waals surface area contributed by atoms with Gasteiger partial charge in [-0.1, -0.05) is 66.5 Å². The molecule has 2 N–H and O–H groups in total. The fraction of sp³-hybridized carbons (Fsp3) is 0.412. The summed E-state index contributed by atoms with van der Waals surface area (Å²) < 4.78 is 32.1. The van der Waals surface area contributed by atoms with Gasteiger partial charge in [-0.2, -0.15) is 0 Å². The molecule has 0 aromatic heterocycles. The van der Waals surface area contributed by atoms with E-state index < -0.39 is 33.7 Å². The maximum atomic E-state index is 14.2. The maximum Gasteiger partial charge on any atom is 0.410 e. The number of nitro benzene ring substituents is 2. The van der Waals surface area contributed by atoms with Gasteiger partial charge in [-0.25, -0.2) is 4.79 Å². The molecular weight excluding hydrogens is 877 g/mol. The van der Waals surface area contributed by atoms with Crippen LogP contribution in [0.25, 0.3) is 0 Å². The average Bonchev–Trinajstić information content (AvgIpc) is 3.34. The molecule has 6 atom stereocenters. The number of amides is 1. The van der Waals surface area contributed by atoms with E-state index in [0.29, 0.717) is 55.1 Å². The number of nitrogens with zero attached hydrogens (tertiary/aromatic N) is 4. The number of benzene rings is 4. The lowest BCUT2D eigenvalue weighted by molar-refractivity contribution is -0.385. The zero-order valence-corrected chi connectivity index (χ0v) is 38.1. The maximum absolute atomic E-state index is 14.2. The minimum Gasteiger partial charge on any atom is -0.459 e. The molecular formula is C51H58N4O13. The Morgan fingerprint density at radius 1 is 0.868 bits per heavy atom. The number of nitro groups is 2. The molecule has 0 unspecified atom stereocenters. The van der Waals surface area contributed by atoms with E-state index >= 15 is 0 Å². The van der Waals surface area contributed by atoms with Gasteiger partial charge in [-0.15, -0.1) is 6.58 Å². The zero-order valence-electron chi connectivity index (χ0n) is 38.1. The Hall–Kier alpha value is -6.66. The summed E-state index contributed by atoms with van der Waals surface area (Å²) in [5, 5.41) is 47.7. The van der Waals surface area contributed by atoms with E-state index in [9.17, 15) is 35.2 Å². The summed E-state index contributed by atoms with van der Waals surface area (Å²) in [7, 11) is 1.63. The number of ether oxygens (including phenoxy) is 5. The van der Waals surface area contributed by atoms with Gasteiger partial charge in [-0.3, -0.25) is 20.2 Å². The van der Waals surface area contributed by atoms with Gasteiger partial charge in [-0.05, 0) is 90.6 Å². The quantitative estimate of drug-likeness (QED) is 0.0290. The lowest BCUT2D eigenvalue weighted by Gasteiger charge is -2.59.